The van der Waals surface area contributed by atoms with Crippen molar-refractivity contribution in [3.63, 3.8) is 0 Å². The van der Waals surface area contributed by atoms with Crippen molar-refractivity contribution in [1.29, 1.82) is 0 Å². The van der Waals surface area contributed by atoms with Gasteiger partial charge in [-0.1, -0.05) is 5.16 Å². The zero-order valence-electron chi connectivity index (χ0n) is 14.3. The van der Waals surface area contributed by atoms with Gasteiger partial charge in [-0.3, -0.25) is 4.79 Å². The number of nitrogens with zero attached hydrogens (tertiary/aromatic N) is 3. The maximum absolute atomic E-state index is 15.4. The summed E-state index contributed by atoms with van der Waals surface area (Å²) in [6.07, 6.45) is 3.28. The smallest absolute Gasteiger partial charge is 0.266 e. The zero-order chi connectivity index (χ0) is 17.3. The van der Waals surface area contributed by atoms with Crippen LogP contribution in [-0.4, -0.2) is 60.5 Å². The number of aromatic nitrogens is 2. The number of rotatable bonds is 3. The molecular formula is C17H24FN3O4. The Bertz CT molecular complexity index is 613. The number of amides is 1. The maximum Gasteiger partial charge on any atom is 0.266 e. The van der Waals surface area contributed by atoms with Gasteiger partial charge < -0.3 is 18.9 Å². The second-order valence-corrected chi connectivity index (χ2v) is 7.21. The quantitative estimate of drug-likeness (QED) is 0.824. The van der Waals surface area contributed by atoms with Crippen molar-refractivity contribution in [3.05, 3.63) is 11.7 Å². The zero-order valence-corrected chi connectivity index (χ0v) is 14.3. The third kappa shape index (κ3) is 3.42. The van der Waals surface area contributed by atoms with E-state index in [2.05, 4.69) is 10.1 Å². The van der Waals surface area contributed by atoms with Crippen molar-refractivity contribution in [2.75, 3.05) is 39.5 Å². The molecule has 3 aliphatic heterocycles. The number of halogens is 1. The molecule has 7 nitrogen and oxygen atoms in total. The molecule has 1 aromatic heterocycles. The first-order valence-electron chi connectivity index (χ1n) is 9.13. The van der Waals surface area contributed by atoms with Crippen LogP contribution in [-0.2, 0) is 19.9 Å². The molecule has 1 amide bonds. The Morgan fingerprint density at radius 1 is 1.12 bits per heavy atom. The molecule has 138 valence electrons. The van der Waals surface area contributed by atoms with E-state index in [9.17, 15) is 4.79 Å². The standard InChI is InChI=1S/C17H24FN3O4/c18-17(16-19-14(20-25-16)12-1-7-23-8-2-12)5-6-21(11-17)15(22)13-3-9-24-10-4-13/h12-13H,1-11H2. The molecule has 25 heavy (non-hydrogen) atoms. The van der Waals surface area contributed by atoms with E-state index in [-0.39, 0.29) is 36.6 Å². The number of carbonyl (C=O) groups excluding carboxylic acids is 1. The first-order valence-corrected chi connectivity index (χ1v) is 9.13. The minimum Gasteiger partial charge on any atom is -0.381 e. The third-order valence-electron chi connectivity index (χ3n) is 5.51. The highest BCUT2D eigenvalue weighted by Crippen LogP contribution is 2.37. The summed E-state index contributed by atoms with van der Waals surface area (Å²) in [4.78, 5) is 18.5. The summed E-state index contributed by atoms with van der Waals surface area (Å²) in [6.45, 7) is 2.93. The molecule has 0 bridgehead atoms. The molecular weight excluding hydrogens is 329 g/mol. The van der Waals surface area contributed by atoms with Gasteiger partial charge in [0.25, 0.3) is 5.89 Å². The van der Waals surface area contributed by atoms with E-state index in [1.54, 1.807) is 4.90 Å². The maximum atomic E-state index is 15.4. The fraction of sp³-hybridized carbons (Fsp3) is 0.824. The lowest BCUT2D eigenvalue weighted by Gasteiger charge is -2.26. The first-order chi connectivity index (χ1) is 12.2. The molecule has 4 rings (SSSR count). The molecule has 0 saturated carbocycles. The van der Waals surface area contributed by atoms with Crippen LogP contribution in [0.25, 0.3) is 0 Å². The topological polar surface area (TPSA) is 77.7 Å². The van der Waals surface area contributed by atoms with Gasteiger partial charge in [0.2, 0.25) is 11.6 Å². The Labute approximate surface area is 145 Å². The summed E-state index contributed by atoms with van der Waals surface area (Å²) in [5, 5.41) is 3.99. The molecule has 0 radical (unpaired) electrons. The first kappa shape index (κ1) is 16.9. The van der Waals surface area contributed by atoms with Gasteiger partial charge in [-0.05, 0) is 25.7 Å². The van der Waals surface area contributed by atoms with E-state index in [1.165, 1.54) is 0 Å². The van der Waals surface area contributed by atoms with E-state index >= 15 is 4.39 Å². The molecule has 1 atom stereocenters. The van der Waals surface area contributed by atoms with Gasteiger partial charge in [-0.25, -0.2) is 4.39 Å². The second-order valence-electron chi connectivity index (χ2n) is 7.21. The number of likely N-dealkylation sites (tertiary alicyclic amines) is 1. The predicted octanol–water partition coefficient (Wildman–Crippen LogP) is 1.79. The molecule has 3 fully saturated rings. The van der Waals surface area contributed by atoms with E-state index in [0.29, 0.717) is 51.6 Å². The van der Waals surface area contributed by atoms with Gasteiger partial charge in [-0.2, -0.15) is 4.98 Å². The number of carbonyl (C=O) groups is 1. The van der Waals surface area contributed by atoms with Gasteiger partial charge in [-0.15, -0.1) is 0 Å². The second kappa shape index (κ2) is 6.99. The number of hydrogen-bond donors (Lipinski definition) is 0. The van der Waals surface area contributed by atoms with E-state index in [0.717, 1.165) is 12.8 Å². The minimum atomic E-state index is -1.74. The largest absolute Gasteiger partial charge is 0.381 e. The Morgan fingerprint density at radius 3 is 2.52 bits per heavy atom. The molecule has 4 heterocycles. The lowest BCUT2D eigenvalue weighted by Crippen LogP contribution is -2.38. The Kier molecular flexibility index (Phi) is 4.73. The van der Waals surface area contributed by atoms with Gasteiger partial charge in [0.1, 0.15) is 0 Å². The molecule has 0 aliphatic carbocycles. The van der Waals surface area contributed by atoms with Crippen LogP contribution >= 0.6 is 0 Å². The average Bonchev–Trinajstić information content (AvgIpc) is 3.31. The molecule has 0 spiro atoms. The molecule has 1 unspecified atom stereocenters. The minimum absolute atomic E-state index is 0.00139. The van der Waals surface area contributed by atoms with Crippen LogP contribution in [0.5, 0.6) is 0 Å². The summed E-state index contributed by atoms with van der Waals surface area (Å²) in [5.41, 5.74) is -1.74. The number of hydrogen-bond acceptors (Lipinski definition) is 6. The summed E-state index contributed by atoms with van der Waals surface area (Å²) >= 11 is 0. The van der Waals surface area contributed by atoms with E-state index in [4.69, 9.17) is 14.0 Å². The van der Waals surface area contributed by atoms with Crippen molar-refractivity contribution < 1.29 is 23.2 Å². The van der Waals surface area contributed by atoms with Crippen molar-refractivity contribution in [3.8, 4) is 0 Å². The Hall–Kier alpha value is -1.54. The lowest BCUT2D eigenvalue weighted by atomic mass is 9.98. The van der Waals surface area contributed by atoms with Crippen LogP contribution in [0.1, 0.15) is 49.7 Å². The van der Waals surface area contributed by atoms with Gasteiger partial charge in [0, 0.05) is 51.2 Å². The molecule has 0 N–H and O–H groups in total. The number of alkyl halides is 1. The monoisotopic (exact) mass is 353 g/mol. The van der Waals surface area contributed by atoms with Crippen LogP contribution in [0.3, 0.4) is 0 Å². The van der Waals surface area contributed by atoms with Crippen molar-refractivity contribution in [2.24, 2.45) is 5.92 Å². The van der Waals surface area contributed by atoms with Crippen LogP contribution in [0.2, 0.25) is 0 Å². The van der Waals surface area contributed by atoms with Crippen LogP contribution < -0.4 is 0 Å². The normalized spacial score (nSPS) is 29.2. The summed E-state index contributed by atoms with van der Waals surface area (Å²) in [7, 11) is 0. The van der Waals surface area contributed by atoms with Crippen LogP contribution in [0.4, 0.5) is 4.39 Å². The summed E-state index contributed by atoms with van der Waals surface area (Å²) in [5.74, 6) is 0.695. The summed E-state index contributed by atoms with van der Waals surface area (Å²) in [6, 6.07) is 0. The van der Waals surface area contributed by atoms with Gasteiger partial charge in [0.15, 0.2) is 5.82 Å². The fourth-order valence-corrected chi connectivity index (χ4v) is 3.88. The molecule has 8 heteroatoms. The van der Waals surface area contributed by atoms with Crippen molar-refractivity contribution in [2.45, 2.75) is 43.7 Å². The Balaban J connectivity index is 1.42. The third-order valence-corrected chi connectivity index (χ3v) is 5.51. The highest BCUT2D eigenvalue weighted by molar-refractivity contribution is 5.79. The van der Waals surface area contributed by atoms with Crippen LogP contribution in [0.15, 0.2) is 4.52 Å². The Morgan fingerprint density at radius 2 is 1.80 bits per heavy atom. The fourth-order valence-electron chi connectivity index (χ4n) is 3.88. The molecule has 3 saturated heterocycles. The molecule has 3 aliphatic rings. The van der Waals surface area contributed by atoms with E-state index in [1.807, 2.05) is 0 Å². The average molecular weight is 353 g/mol. The lowest BCUT2D eigenvalue weighted by molar-refractivity contribution is -0.138. The van der Waals surface area contributed by atoms with Gasteiger partial charge in [0.05, 0.1) is 6.54 Å². The molecule has 1 aromatic rings. The van der Waals surface area contributed by atoms with Crippen LogP contribution in [0, 0.1) is 5.92 Å². The summed E-state index contributed by atoms with van der Waals surface area (Å²) < 4.78 is 31.2. The number of ether oxygens (including phenoxy) is 2. The van der Waals surface area contributed by atoms with Crippen molar-refractivity contribution in [1.82, 2.24) is 15.0 Å². The highest BCUT2D eigenvalue weighted by atomic mass is 19.1. The van der Waals surface area contributed by atoms with Gasteiger partial charge >= 0.3 is 0 Å². The highest BCUT2D eigenvalue weighted by Gasteiger charge is 2.47. The van der Waals surface area contributed by atoms with E-state index < -0.39 is 5.67 Å². The predicted molar refractivity (Wildman–Crippen MR) is 84.6 cm³/mol. The SMILES string of the molecule is O=C(C1CCOCC1)N1CCC(F)(c2nc(C3CCOCC3)no2)C1. The molecule has 0 aromatic carbocycles. The van der Waals surface area contributed by atoms with Crippen molar-refractivity contribution >= 4 is 5.91 Å².